The Morgan fingerprint density at radius 3 is 2.80 bits per heavy atom. The fraction of sp³-hybridized carbons (Fsp3) is 0.476. The van der Waals surface area contributed by atoms with Crippen molar-refractivity contribution in [2.75, 3.05) is 7.11 Å². The molecule has 134 valence electrons. The molecular formula is C21H26O4. The summed E-state index contributed by atoms with van der Waals surface area (Å²) in [5, 5.41) is 0. The molecule has 2 aliphatic heterocycles. The van der Waals surface area contributed by atoms with Gasteiger partial charge < -0.3 is 13.9 Å². The van der Waals surface area contributed by atoms with Crippen LogP contribution in [0.4, 0.5) is 0 Å². The zero-order valence-electron chi connectivity index (χ0n) is 15.4. The Morgan fingerprint density at radius 1 is 1.36 bits per heavy atom. The molecule has 1 aromatic heterocycles. The Bertz CT molecular complexity index is 750. The molecule has 1 aromatic rings. The lowest BCUT2D eigenvalue weighted by molar-refractivity contribution is -0.139. The lowest BCUT2D eigenvalue weighted by Crippen LogP contribution is -2.17. The molecule has 0 spiro atoms. The maximum absolute atomic E-state index is 12.1. The number of rotatable bonds is 2. The predicted molar refractivity (Wildman–Crippen MR) is 97.0 cm³/mol. The van der Waals surface area contributed by atoms with Crippen molar-refractivity contribution >= 4 is 12.0 Å². The maximum atomic E-state index is 12.1. The first-order valence-corrected chi connectivity index (χ1v) is 8.76. The van der Waals surface area contributed by atoms with Gasteiger partial charge in [0.25, 0.3) is 0 Å². The van der Waals surface area contributed by atoms with Crippen LogP contribution < -0.4 is 0 Å². The van der Waals surface area contributed by atoms with Crippen LogP contribution in [0, 0.1) is 12.8 Å². The molecule has 4 heteroatoms. The summed E-state index contributed by atoms with van der Waals surface area (Å²) in [5.41, 5.74) is 3.97. The molecule has 0 radical (unpaired) electrons. The van der Waals surface area contributed by atoms with Crippen LogP contribution in [0.3, 0.4) is 0 Å². The molecule has 0 unspecified atom stereocenters. The summed E-state index contributed by atoms with van der Waals surface area (Å²) < 4.78 is 17.4. The highest BCUT2D eigenvalue weighted by Crippen LogP contribution is 2.38. The highest BCUT2D eigenvalue weighted by Gasteiger charge is 2.31. The molecule has 0 saturated carbocycles. The molecule has 3 heterocycles. The van der Waals surface area contributed by atoms with Crippen molar-refractivity contribution in [1.82, 2.24) is 0 Å². The largest absolute Gasteiger partial charge is 0.459 e. The van der Waals surface area contributed by atoms with Crippen LogP contribution >= 0.6 is 0 Å². The fourth-order valence-electron chi connectivity index (χ4n) is 3.74. The summed E-state index contributed by atoms with van der Waals surface area (Å²) in [6.07, 6.45) is 5.68. The van der Waals surface area contributed by atoms with Gasteiger partial charge in [0.1, 0.15) is 23.7 Å². The van der Waals surface area contributed by atoms with Gasteiger partial charge in [0.15, 0.2) is 0 Å². The van der Waals surface area contributed by atoms with Crippen LogP contribution in [0.1, 0.15) is 56.3 Å². The Labute approximate surface area is 149 Å². The van der Waals surface area contributed by atoms with Crippen molar-refractivity contribution in [2.24, 2.45) is 5.92 Å². The molecule has 3 rings (SSSR count). The van der Waals surface area contributed by atoms with Crippen LogP contribution in [0.5, 0.6) is 0 Å². The molecule has 4 bridgehead atoms. The van der Waals surface area contributed by atoms with Gasteiger partial charge in [-0.25, -0.2) is 4.79 Å². The third-order valence-corrected chi connectivity index (χ3v) is 5.03. The first-order chi connectivity index (χ1) is 11.9. The fourth-order valence-corrected chi connectivity index (χ4v) is 3.74. The Balaban J connectivity index is 2.05. The first kappa shape index (κ1) is 17.7. The number of hydrogen-bond acceptors (Lipinski definition) is 4. The quantitative estimate of drug-likeness (QED) is 0.566. The third-order valence-electron chi connectivity index (χ3n) is 5.03. The van der Waals surface area contributed by atoms with Crippen molar-refractivity contribution in [3.8, 4) is 0 Å². The van der Waals surface area contributed by atoms with Gasteiger partial charge in [-0.3, -0.25) is 0 Å². The van der Waals surface area contributed by atoms with E-state index >= 15 is 0 Å². The smallest absolute Gasteiger partial charge is 0.334 e. The van der Waals surface area contributed by atoms with Crippen molar-refractivity contribution in [1.29, 1.82) is 0 Å². The Kier molecular flexibility index (Phi) is 5.00. The molecule has 2 aliphatic rings. The zero-order valence-corrected chi connectivity index (χ0v) is 15.4. The first-order valence-electron chi connectivity index (χ1n) is 8.76. The van der Waals surface area contributed by atoms with Crippen LogP contribution in [0.15, 0.2) is 39.9 Å². The van der Waals surface area contributed by atoms with Crippen LogP contribution in [0.2, 0.25) is 0 Å². The van der Waals surface area contributed by atoms with Gasteiger partial charge in [-0.05, 0) is 57.4 Å². The minimum absolute atomic E-state index is 0.0706. The van der Waals surface area contributed by atoms with E-state index in [1.165, 1.54) is 0 Å². The summed E-state index contributed by atoms with van der Waals surface area (Å²) in [6, 6.07) is 2.04. The van der Waals surface area contributed by atoms with E-state index in [1.807, 2.05) is 39.0 Å². The highest BCUT2D eigenvalue weighted by atomic mass is 16.5. The second-order valence-electron chi connectivity index (χ2n) is 7.17. The monoisotopic (exact) mass is 342 g/mol. The van der Waals surface area contributed by atoms with E-state index < -0.39 is 0 Å². The summed E-state index contributed by atoms with van der Waals surface area (Å²) in [4.78, 5) is 12.1. The summed E-state index contributed by atoms with van der Waals surface area (Å²) in [5.74, 6) is 1.52. The van der Waals surface area contributed by atoms with Crippen LogP contribution in [-0.4, -0.2) is 19.2 Å². The lowest BCUT2D eigenvalue weighted by Gasteiger charge is -2.25. The van der Waals surface area contributed by atoms with E-state index in [9.17, 15) is 4.79 Å². The molecular weight excluding hydrogens is 316 g/mol. The van der Waals surface area contributed by atoms with Gasteiger partial charge in [0.2, 0.25) is 0 Å². The van der Waals surface area contributed by atoms with Gasteiger partial charge in [-0.15, -0.1) is 0 Å². The van der Waals surface area contributed by atoms with E-state index in [4.69, 9.17) is 13.9 Å². The lowest BCUT2D eigenvalue weighted by atomic mass is 9.86. The van der Waals surface area contributed by atoms with Crippen LogP contribution in [0.25, 0.3) is 6.08 Å². The van der Waals surface area contributed by atoms with Gasteiger partial charge in [-0.1, -0.05) is 17.7 Å². The van der Waals surface area contributed by atoms with Crippen molar-refractivity contribution in [2.45, 2.75) is 52.2 Å². The highest BCUT2D eigenvalue weighted by molar-refractivity contribution is 5.90. The molecule has 0 fully saturated rings. The molecule has 0 aliphatic carbocycles. The molecule has 0 amide bonds. The van der Waals surface area contributed by atoms with Gasteiger partial charge in [0, 0.05) is 25.0 Å². The SMILES string of the molecule is C=C(C)[C@@H]1CCC2=C[C@H](C/C(C)=C\c3cc(C)c(o3)[C@H]1OC)OC2=O. The predicted octanol–water partition coefficient (Wildman–Crippen LogP) is 4.91. The number of carbonyl (C=O) groups excluding carboxylic acids is 1. The van der Waals surface area contributed by atoms with Gasteiger partial charge in [-0.2, -0.15) is 0 Å². The Hall–Kier alpha value is -2.07. The molecule has 0 saturated heterocycles. The molecule has 0 aromatic carbocycles. The number of aryl methyl sites for hydroxylation is 1. The summed E-state index contributed by atoms with van der Waals surface area (Å²) in [7, 11) is 1.69. The number of hydrogen-bond donors (Lipinski definition) is 0. The second-order valence-corrected chi connectivity index (χ2v) is 7.17. The molecule has 25 heavy (non-hydrogen) atoms. The molecule has 0 N–H and O–H groups in total. The summed E-state index contributed by atoms with van der Waals surface area (Å²) in [6.45, 7) is 10.2. The summed E-state index contributed by atoms with van der Waals surface area (Å²) >= 11 is 0. The van der Waals surface area contributed by atoms with E-state index in [-0.39, 0.29) is 24.1 Å². The van der Waals surface area contributed by atoms with E-state index in [0.717, 1.165) is 40.2 Å². The van der Waals surface area contributed by atoms with E-state index in [0.29, 0.717) is 12.8 Å². The normalized spacial score (nSPS) is 28.8. The van der Waals surface area contributed by atoms with Gasteiger partial charge >= 0.3 is 5.97 Å². The number of methoxy groups -OCH3 is 1. The number of carbonyl (C=O) groups is 1. The zero-order chi connectivity index (χ0) is 18.1. The number of furan rings is 1. The number of esters is 1. The Morgan fingerprint density at radius 2 is 2.12 bits per heavy atom. The maximum Gasteiger partial charge on any atom is 0.334 e. The minimum atomic E-state index is -0.213. The average molecular weight is 342 g/mol. The second kappa shape index (κ2) is 7.04. The van der Waals surface area contributed by atoms with Gasteiger partial charge in [0.05, 0.1) is 0 Å². The molecule has 4 nitrogen and oxygen atoms in total. The van der Waals surface area contributed by atoms with Crippen LogP contribution in [-0.2, 0) is 14.3 Å². The average Bonchev–Trinajstić information content (AvgIpc) is 3.05. The van der Waals surface area contributed by atoms with Crippen molar-refractivity contribution < 1.29 is 18.7 Å². The van der Waals surface area contributed by atoms with Crippen molar-refractivity contribution in [3.05, 3.63) is 52.5 Å². The van der Waals surface area contributed by atoms with E-state index in [2.05, 4.69) is 6.58 Å². The number of fused-ring (bicyclic) bond motifs is 3. The third kappa shape index (κ3) is 3.64. The van der Waals surface area contributed by atoms with Crippen molar-refractivity contribution in [3.63, 3.8) is 0 Å². The van der Waals surface area contributed by atoms with E-state index in [1.54, 1.807) is 7.11 Å². The molecule has 3 atom stereocenters. The number of ether oxygens (including phenoxy) is 2. The minimum Gasteiger partial charge on any atom is -0.459 e. The standard InChI is InChI=1S/C21H26O4/c1-12(2)18-7-6-15-11-17(25-21(15)22)9-13(3)8-16-10-14(4)19(24-16)20(18)23-5/h8,10-11,17-18,20H,1,6-7,9H2,2-5H3/b13-8-/t17-,18-,20-/m0/s1. The topological polar surface area (TPSA) is 48.7 Å².